The molecule has 0 spiro atoms. The average molecular weight is 294 g/mol. The summed E-state index contributed by atoms with van der Waals surface area (Å²) in [5.74, 6) is -1.27. The van der Waals surface area contributed by atoms with Crippen molar-refractivity contribution >= 4 is 25.6 Å². The second-order valence-electron chi connectivity index (χ2n) is 4.18. The van der Waals surface area contributed by atoms with Gasteiger partial charge in [-0.3, -0.25) is 4.79 Å². The fourth-order valence-electron chi connectivity index (χ4n) is 1.22. The second kappa shape index (κ2) is 5.67. The zero-order valence-corrected chi connectivity index (χ0v) is 11.5. The van der Waals surface area contributed by atoms with Crippen molar-refractivity contribution in [3.05, 3.63) is 29.6 Å². The summed E-state index contributed by atoms with van der Waals surface area (Å²) in [5, 5.41) is 2.54. The first-order valence-electron chi connectivity index (χ1n) is 5.24. The molecule has 1 amide bonds. The van der Waals surface area contributed by atoms with Gasteiger partial charge >= 0.3 is 0 Å². The highest BCUT2D eigenvalue weighted by Gasteiger charge is 2.16. The van der Waals surface area contributed by atoms with E-state index in [-0.39, 0.29) is 16.4 Å². The Morgan fingerprint density at radius 1 is 1.44 bits per heavy atom. The van der Waals surface area contributed by atoms with Crippen LogP contribution in [0.4, 0.5) is 4.39 Å². The number of nitrogens with one attached hydrogen (secondary N) is 1. The predicted octanol–water partition coefficient (Wildman–Crippen LogP) is 2.14. The Balaban J connectivity index is 2.96. The van der Waals surface area contributed by atoms with Crippen LogP contribution >= 0.6 is 10.7 Å². The summed E-state index contributed by atoms with van der Waals surface area (Å²) in [6, 6.07) is 2.92. The van der Waals surface area contributed by atoms with Gasteiger partial charge in [0.15, 0.2) is 0 Å². The van der Waals surface area contributed by atoms with E-state index in [1.807, 2.05) is 13.8 Å². The van der Waals surface area contributed by atoms with Crippen LogP contribution in [0.5, 0.6) is 0 Å². The number of hydrogen-bond acceptors (Lipinski definition) is 3. The van der Waals surface area contributed by atoms with Gasteiger partial charge in [-0.05, 0) is 24.1 Å². The molecule has 1 aromatic carbocycles. The Morgan fingerprint density at radius 2 is 2.06 bits per heavy atom. The van der Waals surface area contributed by atoms with Crippen LogP contribution in [-0.4, -0.2) is 20.9 Å². The monoisotopic (exact) mass is 293 g/mol. The Bertz CT molecular complexity index is 557. The van der Waals surface area contributed by atoms with Crippen LogP contribution < -0.4 is 5.32 Å². The Hall–Kier alpha value is -1.14. The molecule has 0 aromatic heterocycles. The van der Waals surface area contributed by atoms with Gasteiger partial charge in [-0.15, -0.1) is 0 Å². The molecule has 1 N–H and O–H groups in total. The zero-order valence-electron chi connectivity index (χ0n) is 9.91. The van der Waals surface area contributed by atoms with E-state index in [4.69, 9.17) is 10.7 Å². The van der Waals surface area contributed by atoms with E-state index in [2.05, 4.69) is 5.32 Å². The van der Waals surface area contributed by atoms with Gasteiger partial charge in [-0.2, -0.15) is 0 Å². The highest BCUT2D eigenvalue weighted by Crippen LogP contribution is 2.18. The van der Waals surface area contributed by atoms with Gasteiger partial charge in [-0.1, -0.05) is 13.8 Å². The molecule has 0 saturated carbocycles. The number of amides is 1. The Kier molecular flexibility index (Phi) is 4.70. The first-order valence-corrected chi connectivity index (χ1v) is 7.55. The van der Waals surface area contributed by atoms with E-state index in [1.54, 1.807) is 0 Å². The van der Waals surface area contributed by atoms with Crippen molar-refractivity contribution < 1.29 is 17.6 Å². The van der Waals surface area contributed by atoms with Crippen LogP contribution in [0.25, 0.3) is 0 Å². The van der Waals surface area contributed by atoms with Crippen molar-refractivity contribution in [1.29, 1.82) is 0 Å². The SMILES string of the molecule is CC(C)CNC(=O)c1ccc(S(=O)(=O)Cl)cc1F. The molecule has 1 aromatic rings. The van der Waals surface area contributed by atoms with Crippen LogP contribution in [0.15, 0.2) is 23.1 Å². The van der Waals surface area contributed by atoms with Crippen LogP contribution in [0.2, 0.25) is 0 Å². The van der Waals surface area contributed by atoms with Crippen LogP contribution in [0.1, 0.15) is 24.2 Å². The lowest BCUT2D eigenvalue weighted by atomic mass is 10.2. The summed E-state index contributed by atoms with van der Waals surface area (Å²) < 4.78 is 35.5. The van der Waals surface area contributed by atoms with Gasteiger partial charge in [0.25, 0.3) is 15.0 Å². The smallest absolute Gasteiger partial charge is 0.261 e. The third-order valence-electron chi connectivity index (χ3n) is 2.14. The Morgan fingerprint density at radius 3 is 2.50 bits per heavy atom. The number of halogens is 2. The predicted molar refractivity (Wildman–Crippen MR) is 66.6 cm³/mol. The minimum Gasteiger partial charge on any atom is -0.352 e. The van der Waals surface area contributed by atoms with E-state index < -0.39 is 20.8 Å². The van der Waals surface area contributed by atoms with E-state index in [1.165, 1.54) is 0 Å². The molecule has 0 aliphatic rings. The molecule has 0 bridgehead atoms. The first-order chi connectivity index (χ1) is 8.21. The molecule has 0 fully saturated rings. The number of hydrogen-bond donors (Lipinski definition) is 1. The molecule has 1 rings (SSSR count). The summed E-state index contributed by atoms with van der Waals surface area (Å²) in [4.78, 5) is 11.2. The van der Waals surface area contributed by atoms with E-state index in [0.717, 1.165) is 18.2 Å². The fraction of sp³-hybridized carbons (Fsp3) is 0.364. The quantitative estimate of drug-likeness (QED) is 0.865. The molecule has 0 atom stereocenters. The van der Waals surface area contributed by atoms with Crippen molar-refractivity contribution in [2.24, 2.45) is 5.92 Å². The summed E-state index contributed by atoms with van der Waals surface area (Å²) in [6.45, 7) is 4.22. The third-order valence-corrected chi connectivity index (χ3v) is 3.49. The number of carbonyl (C=O) groups excluding carboxylic acids is 1. The summed E-state index contributed by atoms with van der Waals surface area (Å²) in [5.41, 5.74) is -0.209. The van der Waals surface area contributed by atoms with E-state index in [9.17, 15) is 17.6 Å². The summed E-state index contributed by atoms with van der Waals surface area (Å²) in [6.07, 6.45) is 0. The lowest BCUT2D eigenvalue weighted by molar-refractivity contribution is 0.0945. The molecule has 7 heteroatoms. The van der Waals surface area contributed by atoms with Gasteiger partial charge in [0.05, 0.1) is 10.5 Å². The highest BCUT2D eigenvalue weighted by molar-refractivity contribution is 8.13. The number of benzene rings is 1. The van der Waals surface area contributed by atoms with Gasteiger partial charge in [-0.25, -0.2) is 12.8 Å². The van der Waals surface area contributed by atoms with Gasteiger partial charge in [0.1, 0.15) is 5.82 Å². The molecule has 4 nitrogen and oxygen atoms in total. The maximum Gasteiger partial charge on any atom is 0.261 e. The zero-order chi connectivity index (χ0) is 13.9. The normalized spacial score (nSPS) is 11.6. The second-order valence-corrected chi connectivity index (χ2v) is 6.75. The summed E-state index contributed by atoms with van der Waals surface area (Å²) >= 11 is 0. The van der Waals surface area contributed by atoms with Crippen LogP contribution in [0, 0.1) is 11.7 Å². The molecule has 0 saturated heterocycles. The van der Waals surface area contributed by atoms with E-state index >= 15 is 0 Å². The lowest BCUT2D eigenvalue weighted by Crippen LogP contribution is -2.28. The van der Waals surface area contributed by atoms with Crippen molar-refractivity contribution in [1.82, 2.24) is 5.32 Å². The van der Waals surface area contributed by atoms with Crippen LogP contribution in [-0.2, 0) is 9.05 Å². The topological polar surface area (TPSA) is 63.2 Å². The molecule has 0 radical (unpaired) electrons. The lowest BCUT2D eigenvalue weighted by Gasteiger charge is -2.08. The Labute approximate surface area is 110 Å². The maximum atomic E-state index is 13.6. The molecule has 0 aliphatic heterocycles. The number of carbonyl (C=O) groups is 1. The molecule has 0 heterocycles. The maximum absolute atomic E-state index is 13.6. The third kappa shape index (κ3) is 3.96. The molecule has 100 valence electrons. The number of rotatable bonds is 4. The largest absolute Gasteiger partial charge is 0.352 e. The minimum absolute atomic E-state index is 0.209. The molecular weight excluding hydrogens is 281 g/mol. The van der Waals surface area contributed by atoms with Gasteiger partial charge in [0.2, 0.25) is 0 Å². The molecule has 0 aliphatic carbocycles. The average Bonchev–Trinajstić information content (AvgIpc) is 2.24. The van der Waals surface area contributed by atoms with Crippen LogP contribution in [0.3, 0.4) is 0 Å². The minimum atomic E-state index is -3.99. The van der Waals surface area contributed by atoms with E-state index in [0.29, 0.717) is 6.54 Å². The highest BCUT2D eigenvalue weighted by atomic mass is 35.7. The van der Waals surface area contributed by atoms with Crippen molar-refractivity contribution in [2.75, 3.05) is 6.54 Å². The summed E-state index contributed by atoms with van der Waals surface area (Å²) in [7, 11) is 1.08. The van der Waals surface area contributed by atoms with Crippen molar-refractivity contribution in [2.45, 2.75) is 18.7 Å². The fourth-order valence-corrected chi connectivity index (χ4v) is 1.99. The standard InChI is InChI=1S/C11H13ClFNO3S/c1-7(2)6-14-11(15)9-4-3-8(5-10(9)13)18(12,16)17/h3-5,7H,6H2,1-2H3,(H,14,15). The van der Waals surface area contributed by atoms with Gasteiger partial charge in [0, 0.05) is 17.2 Å². The van der Waals surface area contributed by atoms with Gasteiger partial charge < -0.3 is 5.32 Å². The molecular formula is C11H13ClFNO3S. The molecule has 0 unspecified atom stereocenters. The van der Waals surface area contributed by atoms with Crippen molar-refractivity contribution in [3.63, 3.8) is 0 Å². The molecule has 18 heavy (non-hydrogen) atoms. The van der Waals surface area contributed by atoms with Crippen molar-refractivity contribution in [3.8, 4) is 0 Å². The first kappa shape index (κ1) is 14.9.